The molecule has 0 aliphatic heterocycles. The summed E-state index contributed by atoms with van der Waals surface area (Å²) in [6, 6.07) is 23.1. The van der Waals surface area contributed by atoms with Gasteiger partial charge >= 0.3 is 12.3 Å². The third kappa shape index (κ3) is 7.21. The lowest BCUT2D eigenvalue weighted by atomic mass is 10.0. The van der Waals surface area contributed by atoms with Gasteiger partial charge in [-0.25, -0.2) is 0 Å². The average molecular weight is 638 g/mol. The second-order valence-corrected chi connectivity index (χ2v) is 10.6. The highest BCUT2D eigenvalue weighted by molar-refractivity contribution is 6.31. The van der Waals surface area contributed by atoms with Crippen LogP contribution in [0.1, 0.15) is 35.3 Å². The predicted molar refractivity (Wildman–Crippen MR) is 164 cm³/mol. The van der Waals surface area contributed by atoms with Crippen LogP contribution in [0, 0.1) is 0 Å². The number of carboxylic acid groups (broad SMARTS) is 1. The summed E-state index contributed by atoms with van der Waals surface area (Å²) in [7, 11) is 1.55. The number of ether oxygens (including phenoxy) is 2. The number of aliphatic carboxylic acids is 1. The van der Waals surface area contributed by atoms with Crippen LogP contribution in [-0.4, -0.2) is 46.8 Å². The van der Waals surface area contributed by atoms with Crippen molar-refractivity contribution in [3.05, 3.63) is 101 Å². The molecule has 0 aliphatic carbocycles. The molecular formula is C33H27ClF3N3O5. The highest BCUT2D eigenvalue weighted by Gasteiger charge is 2.31. The van der Waals surface area contributed by atoms with E-state index in [1.807, 2.05) is 29.8 Å². The van der Waals surface area contributed by atoms with E-state index in [0.29, 0.717) is 33.2 Å². The zero-order valence-electron chi connectivity index (χ0n) is 24.1. The summed E-state index contributed by atoms with van der Waals surface area (Å²) in [6.07, 6.45) is -4.97. The van der Waals surface area contributed by atoms with Gasteiger partial charge in [-0.15, -0.1) is 13.2 Å². The molecule has 8 nitrogen and oxygen atoms in total. The van der Waals surface area contributed by atoms with Crippen molar-refractivity contribution in [1.29, 1.82) is 0 Å². The number of rotatable bonds is 10. The van der Waals surface area contributed by atoms with Crippen molar-refractivity contribution in [1.82, 2.24) is 15.1 Å². The van der Waals surface area contributed by atoms with E-state index in [2.05, 4.69) is 10.1 Å². The molecule has 1 heterocycles. The molecule has 4 aromatic carbocycles. The lowest BCUT2D eigenvalue weighted by molar-refractivity contribution is -0.274. The summed E-state index contributed by atoms with van der Waals surface area (Å²) < 4.78 is 49.5. The van der Waals surface area contributed by atoms with Gasteiger partial charge in [-0.2, -0.15) is 5.10 Å². The van der Waals surface area contributed by atoms with Gasteiger partial charge in [-0.05, 0) is 78.2 Å². The Bertz CT molecular complexity index is 1860. The van der Waals surface area contributed by atoms with Gasteiger partial charge in [-0.3, -0.25) is 14.3 Å². The van der Waals surface area contributed by atoms with Crippen LogP contribution in [0.25, 0.3) is 33.3 Å². The Morgan fingerprint density at radius 3 is 2.31 bits per heavy atom. The first-order chi connectivity index (χ1) is 21.4. The minimum Gasteiger partial charge on any atom is -0.496 e. The molecule has 5 aromatic rings. The van der Waals surface area contributed by atoms with E-state index in [9.17, 15) is 22.8 Å². The molecule has 0 spiro atoms. The third-order valence-corrected chi connectivity index (χ3v) is 7.43. The fraction of sp³-hybridized carbons (Fsp3) is 0.182. The fourth-order valence-corrected chi connectivity index (χ4v) is 5.14. The zero-order chi connectivity index (χ0) is 32.3. The second-order valence-electron chi connectivity index (χ2n) is 10.1. The van der Waals surface area contributed by atoms with Crippen molar-refractivity contribution in [3.63, 3.8) is 0 Å². The smallest absolute Gasteiger partial charge is 0.496 e. The van der Waals surface area contributed by atoms with Crippen molar-refractivity contribution in [2.75, 3.05) is 13.7 Å². The number of carbonyl (C=O) groups is 2. The van der Waals surface area contributed by atoms with Gasteiger partial charge in [0.15, 0.2) is 0 Å². The molecule has 0 saturated heterocycles. The maximum Gasteiger partial charge on any atom is 0.573 e. The predicted octanol–water partition coefficient (Wildman–Crippen LogP) is 7.74. The van der Waals surface area contributed by atoms with Gasteiger partial charge in [0.05, 0.1) is 25.1 Å². The normalized spacial score (nSPS) is 12.1. The molecule has 0 radical (unpaired) electrons. The van der Waals surface area contributed by atoms with E-state index in [0.717, 1.165) is 22.0 Å². The molecule has 0 bridgehead atoms. The van der Waals surface area contributed by atoms with E-state index in [-0.39, 0.29) is 30.7 Å². The summed E-state index contributed by atoms with van der Waals surface area (Å²) in [5, 5.41) is 17.7. The fourth-order valence-electron chi connectivity index (χ4n) is 4.96. The Hall–Kier alpha value is -5.03. The van der Waals surface area contributed by atoms with E-state index in [1.165, 1.54) is 12.1 Å². The molecule has 5 rings (SSSR count). The molecule has 45 heavy (non-hydrogen) atoms. The van der Waals surface area contributed by atoms with Gasteiger partial charge < -0.3 is 19.9 Å². The first-order valence-electron chi connectivity index (χ1n) is 13.8. The molecule has 232 valence electrons. The Balaban J connectivity index is 1.55. The molecule has 1 aromatic heterocycles. The summed E-state index contributed by atoms with van der Waals surface area (Å²) in [4.78, 5) is 23.2. The summed E-state index contributed by atoms with van der Waals surface area (Å²) >= 11 is 6.35. The van der Waals surface area contributed by atoms with Crippen LogP contribution in [-0.2, 0) is 4.79 Å². The number of benzene rings is 4. The summed E-state index contributed by atoms with van der Waals surface area (Å²) in [5.41, 5.74) is 4.67. The lowest BCUT2D eigenvalue weighted by Crippen LogP contribution is -2.26. The molecule has 2 N–H and O–H groups in total. The SMILES string of the molecule is COc1ccc(Cl)cc1-c1nn(C(C)c2ccc(C(=O)NCCC(=O)O)cc2)c2cc(-c3ccc(OC(F)(F)F)cc3)ccc12. The highest BCUT2D eigenvalue weighted by atomic mass is 35.5. The van der Waals surface area contributed by atoms with Gasteiger partial charge in [-0.1, -0.05) is 41.9 Å². The van der Waals surface area contributed by atoms with Crippen LogP contribution in [0.2, 0.25) is 5.02 Å². The molecule has 1 amide bonds. The van der Waals surface area contributed by atoms with Crippen LogP contribution in [0.5, 0.6) is 11.5 Å². The third-order valence-electron chi connectivity index (χ3n) is 7.19. The number of nitrogens with one attached hydrogen (secondary N) is 1. The van der Waals surface area contributed by atoms with E-state index in [1.54, 1.807) is 61.7 Å². The standard InChI is InChI=1S/C33H27ClF3N3O5/c1-19(20-3-5-22(6-4-20)32(43)38-16-15-30(41)42)40-28-17-23(21-7-11-25(12-8-21)45-33(35,36)37)9-13-26(28)31(39-40)27-18-24(34)10-14-29(27)44-2/h3-14,17-19H,15-16H2,1-2H3,(H,38,43)(H,41,42). The topological polar surface area (TPSA) is 103 Å². The van der Waals surface area contributed by atoms with Crippen LogP contribution >= 0.6 is 11.6 Å². The monoisotopic (exact) mass is 637 g/mol. The van der Waals surface area contributed by atoms with Gasteiger partial charge in [0.25, 0.3) is 5.91 Å². The number of fused-ring (bicyclic) bond motifs is 1. The van der Waals surface area contributed by atoms with Crippen LogP contribution in [0.3, 0.4) is 0 Å². The van der Waals surface area contributed by atoms with Crippen molar-refractivity contribution in [2.24, 2.45) is 0 Å². The lowest BCUT2D eigenvalue weighted by Gasteiger charge is -2.15. The number of hydrogen-bond acceptors (Lipinski definition) is 5. The Morgan fingerprint density at radius 2 is 1.67 bits per heavy atom. The van der Waals surface area contributed by atoms with E-state index < -0.39 is 12.3 Å². The van der Waals surface area contributed by atoms with Gasteiger partial charge in [0, 0.05) is 28.1 Å². The maximum atomic E-state index is 12.7. The number of halogens is 4. The number of alkyl halides is 3. The van der Waals surface area contributed by atoms with Crippen molar-refractivity contribution < 1.29 is 37.3 Å². The average Bonchev–Trinajstić information content (AvgIpc) is 3.39. The van der Waals surface area contributed by atoms with Crippen LogP contribution < -0.4 is 14.8 Å². The summed E-state index contributed by atoms with van der Waals surface area (Å²) in [6.45, 7) is 1.96. The molecular weight excluding hydrogens is 611 g/mol. The molecule has 1 atom stereocenters. The number of amides is 1. The highest BCUT2D eigenvalue weighted by Crippen LogP contribution is 2.39. The number of carboxylic acids is 1. The summed E-state index contributed by atoms with van der Waals surface area (Å²) in [5.74, 6) is -1.13. The number of nitrogens with zero attached hydrogens (tertiary/aromatic N) is 2. The van der Waals surface area contributed by atoms with E-state index in [4.69, 9.17) is 26.5 Å². The van der Waals surface area contributed by atoms with Crippen molar-refractivity contribution in [3.8, 4) is 33.9 Å². The number of carbonyl (C=O) groups excluding carboxylic acids is 1. The molecule has 1 unspecified atom stereocenters. The number of aromatic nitrogens is 2. The Labute approximate surface area is 261 Å². The van der Waals surface area contributed by atoms with Crippen molar-refractivity contribution in [2.45, 2.75) is 25.7 Å². The zero-order valence-corrected chi connectivity index (χ0v) is 24.8. The number of hydrogen-bond donors (Lipinski definition) is 2. The largest absolute Gasteiger partial charge is 0.573 e. The minimum atomic E-state index is -4.79. The second kappa shape index (κ2) is 12.9. The quantitative estimate of drug-likeness (QED) is 0.162. The Kier molecular flexibility index (Phi) is 9.01. The number of methoxy groups -OCH3 is 1. The van der Waals surface area contributed by atoms with Gasteiger partial charge in [0.2, 0.25) is 0 Å². The van der Waals surface area contributed by atoms with Crippen LogP contribution in [0.15, 0.2) is 84.9 Å². The molecule has 12 heteroatoms. The van der Waals surface area contributed by atoms with Gasteiger partial charge in [0.1, 0.15) is 17.2 Å². The molecule has 0 aliphatic rings. The first kappa shape index (κ1) is 31.4. The molecule has 0 fully saturated rings. The van der Waals surface area contributed by atoms with E-state index >= 15 is 0 Å². The molecule has 0 saturated carbocycles. The van der Waals surface area contributed by atoms with Crippen LogP contribution in [0.4, 0.5) is 13.2 Å². The maximum absolute atomic E-state index is 12.7. The first-order valence-corrected chi connectivity index (χ1v) is 14.1. The minimum absolute atomic E-state index is 0.0156. The Morgan fingerprint density at radius 1 is 0.978 bits per heavy atom. The van der Waals surface area contributed by atoms with Crippen molar-refractivity contribution >= 4 is 34.4 Å².